The van der Waals surface area contributed by atoms with Gasteiger partial charge in [0.05, 0.1) is 18.1 Å². The minimum Gasteiger partial charge on any atom is -0.400 e. The molecule has 1 aliphatic heterocycles. The molecule has 0 bridgehead atoms. The van der Waals surface area contributed by atoms with Crippen molar-refractivity contribution < 1.29 is 19.8 Å². The van der Waals surface area contributed by atoms with Crippen molar-refractivity contribution in [2.75, 3.05) is 19.0 Å². The normalized spacial score (nSPS) is 14.1. The van der Waals surface area contributed by atoms with Crippen LogP contribution in [0.4, 0.5) is 5.69 Å². The number of nitrogens with zero attached hydrogens (tertiary/aromatic N) is 3. The Morgan fingerprint density at radius 1 is 1.25 bits per heavy atom. The van der Waals surface area contributed by atoms with Gasteiger partial charge in [0.1, 0.15) is 17.6 Å². The average Bonchev–Trinajstić information content (AvgIpc) is 3.52. The molecule has 5 rings (SSSR count). The van der Waals surface area contributed by atoms with E-state index in [1.54, 1.807) is 29.9 Å². The summed E-state index contributed by atoms with van der Waals surface area (Å²) in [7, 11) is 1.00. The second kappa shape index (κ2) is 11.8. The Labute approximate surface area is 212 Å². The molecule has 1 atom stereocenters. The first-order chi connectivity index (χ1) is 17.6. The molecule has 0 aliphatic carbocycles. The van der Waals surface area contributed by atoms with Gasteiger partial charge in [0.25, 0.3) is 5.56 Å². The second-order valence-electron chi connectivity index (χ2n) is 8.41. The largest absolute Gasteiger partial charge is 0.400 e. The lowest BCUT2D eigenvalue weighted by Gasteiger charge is -2.15. The van der Waals surface area contributed by atoms with Gasteiger partial charge in [-0.1, -0.05) is 30.3 Å². The zero-order chi connectivity index (χ0) is 25.5. The molecule has 0 fully saturated rings. The number of benzene rings is 1. The van der Waals surface area contributed by atoms with Crippen LogP contribution in [-0.4, -0.2) is 39.4 Å². The summed E-state index contributed by atoms with van der Waals surface area (Å²) in [4.78, 5) is 31.5. The highest BCUT2D eigenvalue weighted by Crippen LogP contribution is 2.26. The number of fused-ring (bicyclic) bond motifs is 2. The van der Waals surface area contributed by atoms with Crippen LogP contribution in [0.25, 0.3) is 10.1 Å². The molecule has 36 heavy (non-hydrogen) atoms. The monoisotopic (exact) mass is 508 g/mol. The van der Waals surface area contributed by atoms with Crippen LogP contribution in [0.2, 0.25) is 0 Å². The summed E-state index contributed by atoms with van der Waals surface area (Å²) in [5.74, 6) is 0.466. The maximum atomic E-state index is 13.1. The first kappa shape index (κ1) is 25.3. The van der Waals surface area contributed by atoms with Crippen LogP contribution in [-0.2, 0) is 24.2 Å². The number of pyridine rings is 1. The Hall–Kier alpha value is -3.76. The maximum absolute atomic E-state index is 13.1. The van der Waals surface area contributed by atoms with E-state index < -0.39 is 6.04 Å². The van der Waals surface area contributed by atoms with Gasteiger partial charge in [-0.05, 0) is 30.9 Å². The molecule has 1 aliphatic rings. The lowest BCUT2D eigenvalue weighted by molar-refractivity contribution is -0.903. The standard InChI is InChI=1S/C25H25N5O3S.CH4O/c31-24(28-14-19-13-18-16-29(33)12-10-22(18)34-19)21-8-9-23-27-15-20(25(32)30(21)23)26-11-4-7-17-5-2-1-3-6-17;1-2/h1-3,5-6,10,12-13,15-16,21,26H,4,7-9,11,14H2,(H-,28,31,33);2H,1H3/p+1. The molecule has 9 nitrogen and oxygen atoms in total. The fraction of sp³-hybridized carbons (Fsp3) is 0.308. The number of hydrogen-bond acceptors (Lipinski definition) is 7. The van der Waals surface area contributed by atoms with Crippen molar-refractivity contribution in [2.24, 2.45) is 0 Å². The predicted octanol–water partition coefficient (Wildman–Crippen LogP) is 2.44. The minimum atomic E-state index is -0.560. The van der Waals surface area contributed by atoms with E-state index in [2.05, 4.69) is 27.8 Å². The molecule has 1 amide bonds. The predicted molar refractivity (Wildman–Crippen MR) is 138 cm³/mol. The summed E-state index contributed by atoms with van der Waals surface area (Å²) in [6.45, 7) is 1.02. The van der Waals surface area contributed by atoms with E-state index in [1.165, 1.54) is 10.1 Å². The zero-order valence-corrected chi connectivity index (χ0v) is 20.9. The molecule has 0 saturated carbocycles. The molecule has 4 aromatic rings. The summed E-state index contributed by atoms with van der Waals surface area (Å²) in [6, 6.07) is 13.4. The van der Waals surface area contributed by atoms with Crippen molar-refractivity contribution in [2.45, 2.75) is 38.3 Å². The van der Waals surface area contributed by atoms with Crippen molar-refractivity contribution in [3.63, 3.8) is 0 Å². The van der Waals surface area contributed by atoms with Gasteiger partial charge in [0.15, 0.2) is 0 Å². The fourth-order valence-electron chi connectivity index (χ4n) is 4.35. The molecule has 4 heterocycles. The van der Waals surface area contributed by atoms with Crippen LogP contribution in [0.5, 0.6) is 0 Å². The van der Waals surface area contributed by atoms with Gasteiger partial charge in [-0.2, -0.15) is 0 Å². The molecule has 188 valence electrons. The number of amides is 1. The number of aromatic nitrogens is 3. The van der Waals surface area contributed by atoms with Gasteiger partial charge >= 0.3 is 0 Å². The van der Waals surface area contributed by atoms with E-state index in [-0.39, 0.29) is 11.5 Å². The Kier molecular flexibility index (Phi) is 8.29. The minimum absolute atomic E-state index is 0.182. The Balaban J connectivity index is 0.00000148. The van der Waals surface area contributed by atoms with Gasteiger partial charge in [0, 0.05) is 40.4 Å². The first-order valence-corrected chi connectivity index (χ1v) is 12.6. The molecule has 4 N–H and O–H groups in total. The molecule has 0 radical (unpaired) electrons. The van der Waals surface area contributed by atoms with Crippen LogP contribution in [0.15, 0.2) is 65.8 Å². The number of hydrogen-bond donors (Lipinski definition) is 4. The highest BCUT2D eigenvalue weighted by atomic mass is 32.1. The molecular weight excluding hydrogens is 478 g/mol. The van der Waals surface area contributed by atoms with E-state index in [0.29, 0.717) is 37.4 Å². The molecular formula is C26H30N5O4S+. The SMILES string of the molecule is CO.O=C(NCc1cc2c[n+](O)ccc2s1)C1CCc2ncc(NCCCc3ccccc3)c(=O)n21. The summed E-state index contributed by atoms with van der Waals surface area (Å²) in [6.07, 6.45) is 7.76. The molecule has 0 saturated heterocycles. The van der Waals surface area contributed by atoms with Gasteiger partial charge in [-0.25, -0.2) is 4.98 Å². The number of rotatable bonds is 8. The number of aliphatic hydroxyl groups is 1. The second-order valence-corrected chi connectivity index (χ2v) is 9.58. The topological polar surface area (TPSA) is 120 Å². The van der Waals surface area contributed by atoms with Crippen molar-refractivity contribution in [3.05, 3.63) is 87.7 Å². The van der Waals surface area contributed by atoms with Gasteiger partial charge in [-0.15, -0.1) is 11.3 Å². The Morgan fingerprint density at radius 3 is 2.86 bits per heavy atom. The van der Waals surface area contributed by atoms with E-state index in [1.807, 2.05) is 30.3 Å². The van der Waals surface area contributed by atoms with Crippen LogP contribution in [0.3, 0.4) is 0 Å². The summed E-state index contributed by atoms with van der Waals surface area (Å²) in [5, 5.41) is 23.7. The molecule has 1 unspecified atom stereocenters. The van der Waals surface area contributed by atoms with Gasteiger partial charge in [0.2, 0.25) is 18.3 Å². The number of aryl methyl sites for hydroxylation is 2. The molecule has 3 aromatic heterocycles. The van der Waals surface area contributed by atoms with Crippen LogP contribution < -0.4 is 20.9 Å². The number of carbonyl (C=O) groups is 1. The van der Waals surface area contributed by atoms with E-state index in [4.69, 9.17) is 5.11 Å². The van der Waals surface area contributed by atoms with Gasteiger partial charge < -0.3 is 15.7 Å². The van der Waals surface area contributed by atoms with E-state index in [9.17, 15) is 14.8 Å². The molecule has 0 spiro atoms. The number of aliphatic hydroxyl groups excluding tert-OH is 1. The third-order valence-electron chi connectivity index (χ3n) is 6.06. The van der Waals surface area contributed by atoms with E-state index >= 15 is 0 Å². The Morgan fingerprint density at radius 2 is 2.06 bits per heavy atom. The summed E-state index contributed by atoms with van der Waals surface area (Å²) >= 11 is 1.56. The number of thiophene rings is 1. The third-order valence-corrected chi connectivity index (χ3v) is 7.17. The van der Waals surface area contributed by atoms with Gasteiger partial charge in [-0.3, -0.25) is 19.4 Å². The van der Waals surface area contributed by atoms with Crippen LogP contribution >= 0.6 is 11.3 Å². The summed E-state index contributed by atoms with van der Waals surface area (Å²) < 4.78 is 3.58. The van der Waals surface area contributed by atoms with Crippen molar-refractivity contribution >= 4 is 33.0 Å². The number of nitrogens with one attached hydrogen (secondary N) is 2. The third kappa shape index (κ3) is 5.72. The highest BCUT2D eigenvalue weighted by Gasteiger charge is 2.31. The van der Waals surface area contributed by atoms with Crippen molar-refractivity contribution in [3.8, 4) is 0 Å². The first-order valence-electron chi connectivity index (χ1n) is 11.8. The van der Waals surface area contributed by atoms with Crippen LogP contribution in [0.1, 0.15) is 35.1 Å². The van der Waals surface area contributed by atoms with Crippen molar-refractivity contribution in [1.82, 2.24) is 14.9 Å². The lowest BCUT2D eigenvalue weighted by atomic mass is 10.1. The average molecular weight is 509 g/mol. The van der Waals surface area contributed by atoms with Crippen LogP contribution in [0, 0.1) is 0 Å². The highest BCUT2D eigenvalue weighted by molar-refractivity contribution is 7.19. The Bertz CT molecular complexity index is 1390. The lowest BCUT2D eigenvalue weighted by Crippen LogP contribution is -2.36. The zero-order valence-electron chi connectivity index (χ0n) is 20.1. The molecule has 1 aromatic carbocycles. The quantitative estimate of drug-likeness (QED) is 0.165. The maximum Gasteiger partial charge on any atom is 0.277 e. The number of anilines is 1. The smallest absolute Gasteiger partial charge is 0.277 e. The molecule has 10 heteroatoms. The number of carbonyl (C=O) groups excluding carboxylic acids is 1. The van der Waals surface area contributed by atoms with Crippen molar-refractivity contribution in [1.29, 1.82) is 0 Å². The summed E-state index contributed by atoms with van der Waals surface area (Å²) in [5.41, 5.74) is 1.49. The fourth-order valence-corrected chi connectivity index (χ4v) is 5.32. The van der Waals surface area contributed by atoms with E-state index in [0.717, 1.165) is 39.6 Å².